The van der Waals surface area contributed by atoms with Gasteiger partial charge in [0.2, 0.25) is 6.23 Å². The lowest BCUT2D eigenvalue weighted by Gasteiger charge is -2.19. The summed E-state index contributed by atoms with van der Waals surface area (Å²) in [6.45, 7) is 1.66. The Morgan fingerprint density at radius 1 is 1.18 bits per heavy atom. The number of hydrogen-bond donors (Lipinski definition) is 2. The predicted molar refractivity (Wildman–Crippen MR) is 120 cm³/mol. The summed E-state index contributed by atoms with van der Waals surface area (Å²) in [6.07, 6.45) is 8.33. The number of anilines is 1. The van der Waals surface area contributed by atoms with Gasteiger partial charge in [-0.15, -0.1) is 0 Å². The molecule has 0 amide bonds. The molecule has 2 rings (SSSR count). The van der Waals surface area contributed by atoms with Gasteiger partial charge in [0, 0.05) is 12.6 Å². The van der Waals surface area contributed by atoms with Crippen LogP contribution in [0.25, 0.3) is 0 Å². The van der Waals surface area contributed by atoms with Crippen molar-refractivity contribution in [1.29, 1.82) is 0 Å². The van der Waals surface area contributed by atoms with Gasteiger partial charge in [-0.25, -0.2) is 18.1 Å². The summed E-state index contributed by atoms with van der Waals surface area (Å²) < 4.78 is 56.3. The second-order valence-electron chi connectivity index (χ2n) is 8.40. The zero-order chi connectivity index (χ0) is 24.3. The molecule has 9 nitrogen and oxygen atoms in total. The average Bonchev–Trinajstić information content (AvgIpc) is 3.05. The van der Waals surface area contributed by atoms with E-state index < -0.39 is 44.8 Å². The maximum absolute atomic E-state index is 14.3. The number of nitrogens with zero attached hydrogens (tertiary/aromatic N) is 2. The van der Waals surface area contributed by atoms with E-state index in [4.69, 9.17) is 19.5 Å². The Hall–Kier alpha value is -1.39. The third-order valence-corrected chi connectivity index (χ3v) is 6.45. The lowest BCUT2D eigenvalue weighted by molar-refractivity contribution is -0.120. The Labute approximate surface area is 193 Å². The van der Waals surface area contributed by atoms with Crippen molar-refractivity contribution in [2.24, 2.45) is 0 Å². The summed E-state index contributed by atoms with van der Waals surface area (Å²) in [5.41, 5.74) is 4.39. The van der Waals surface area contributed by atoms with Crippen LogP contribution in [-0.4, -0.2) is 39.7 Å². The summed E-state index contributed by atoms with van der Waals surface area (Å²) in [5, 5.41) is 0. The highest BCUT2D eigenvalue weighted by Gasteiger charge is 2.52. The fourth-order valence-corrected chi connectivity index (χ4v) is 4.48. The topological polar surface area (TPSA) is 126 Å². The number of alkyl halides is 2. The van der Waals surface area contributed by atoms with Crippen molar-refractivity contribution in [3.8, 4) is 0 Å². The van der Waals surface area contributed by atoms with Crippen LogP contribution in [0.3, 0.4) is 0 Å². The number of phosphoric ester groups is 1. The van der Waals surface area contributed by atoms with E-state index in [9.17, 15) is 23.0 Å². The zero-order valence-corrected chi connectivity index (χ0v) is 20.1. The van der Waals surface area contributed by atoms with Crippen LogP contribution in [0.1, 0.15) is 83.8 Å². The van der Waals surface area contributed by atoms with E-state index in [-0.39, 0.29) is 12.4 Å². The molecule has 33 heavy (non-hydrogen) atoms. The van der Waals surface area contributed by atoms with Crippen LogP contribution in [-0.2, 0) is 18.3 Å². The second-order valence-corrected chi connectivity index (χ2v) is 9.85. The highest BCUT2D eigenvalue weighted by atomic mass is 31.2. The number of aromatic nitrogens is 2. The first kappa shape index (κ1) is 27.9. The number of halogens is 2. The molecule has 12 heteroatoms. The fraction of sp³-hybridized carbons (Fsp3) is 0.810. The molecule has 1 fully saturated rings. The van der Waals surface area contributed by atoms with Gasteiger partial charge in [-0.1, -0.05) is 64.7 Å². The minimum atomic E-state index is -4.39. The smallest absolute Gasteiger partial charge is 0.383 e. The Morgan fingerprint density at radius 3 is 2.39 bits per heavy atom. The minimum absolute atomic E-state index is 0.0427. The van der Waals surface area contributed by atoms with Crippen molar-refractivity contribution in [3.05, 3.63) is 22.7 Å². The molecule has 1 aromatic heterocycles. The summed E-state index contributed by atoms with van der Waals surface area (Å²) >= 11 is 0. The third kappa shape index (κ3) is 9.78. The van der Waals surface area contributed by atoms with E-state index in [1.54, 1.807) is 0 Å². The molecule has 1 aromatic rings. The summed E-state index contributed by atoms with van der Waals surface area (Å²) in [5.74, 6) is -3.50. The van der Waals surface area contributed by atoms with Crippen molar-refractivity contribution < 1.29 is 32.0 Å². The van der Waals surface area contributed by atoms with Gasteiger partial charge in [0.05, 0.1) is 19.3 Å². The van der Waals surface area contributed by atoms with Gasteiger partial charge in [-0.05, 0) is 12.5 Å². The van der Waals surface area contributed by atoms with Crippen molar-refractivity contribution in [2.45, 2.75) is 95.8 Å². The molecule has 3 atom stereocenters. The maximum Gasteiger partial charge on any atom is 0.472 e. The van der Waals surface area contributed by atoms with Crippen LogP contribution in [0.5, 0.6) is 0 Å². The zero-order valence-electron chi connectivity index (χ0n) is 19.2. The highest BCUT2D eigenvalue weighted by Crippen LogP contribution is 2.46. The molecule has 0 radical (unpaired) electrons. The number of ether oxygens (including phenoxy) is 1. The predicted octanol–water partition coefficient (Wildman–Crippen LogP) is 4.80. The number of nitrogen functional groups attached to an aromatic ring is 1. The molecule has 190 valence electrons. The Kier molecular flexibility index (Phi) is 11.4. The molecule has 1 aliphatic heterocycles. The number of nitrogens with two attached hydrogens (primary N) is 1. The molecule has 0 aliphatic carbocycles. The molecular weight excluding hydrogens is 459 g/mol. The van der Waals surface area contributed by atoms with E-state index in [0.29, 0.717) is 11.0 Å². The number of unbranched alkanes of at least 4 members (excludes halogenated alkanes) is 9. The number of phosphoric acid groups is 1. The first-order valence-corrected chi connectivity index (χ1v) is 13.1. The molecule has 0 bridgehead atoms. The van der Waals surface area contributed by atoms with Gasteiger partial charge in [-0.2, -0.15) is 4.98 Å². The van der Waals surface area contributed by atoms with Crippen molar-refractivity contribution in [3.63, 3.8) is 0 Å². The van der Waals surface area contributed by atoms with Gasteiger partial charge < -0.3 is 15.4 Å². The Balaban J connectivity index is 1.64. The monoisotopic (exact) mass is 495 g/mol. The van der Waals surface area contributed by atoms with Crippen molar-refractivity contribution in [2.75, 3.05) is 18.9 Å². The van der Waals surface area contributed by atoms with Crippen LogP contribution in [0.2, 0.25) is 0 Å². The van der Waals surface area contributed by atoms with E-state index in [0.717, 1.165) is 25.5 Å². The molecule has 0 saturated carbocycles. The lowest BCUT2D eigenvalue weighted by atomic mass is 10.1. The molecule has 0 aromatic carbocycles. The summed E-state index contributed by atoms with van der Waals surface area (Å²) in [4.78, 5) is 25.0. The van der Waals surface area contributed by atoms with Crippen LogP contribution in [0, 0.1) is 0 Å². The maximum atomic E-state index is 14.3. The average molecular weight is 496 g/mol. The Bertz CT molecular complexity index is 825. The van der Waals surface area contributed by atoms with Gasteiger partial charge in [0.15, 0.2) is 0 Å². The first-order chi connectivity index (χ1) is 15.6. The third-order valence-electron chi connectivity index (χ3n) is 5.46. The SMILES string of the molecule is CCCCCCCCCCCCOP(=O)(O)OCC1CC(F)(F)C(n2ccc(N)nc2=O)O1. The standard InChI is InChI=1S/C21H36F2N3O6P/c1-2-3-4-5-6-7-8-9-10-11-14-30-33(28,29)31-16-17-15-21(22,23)19(32-17)26-13-12-18(24)25-20(26)27/h12-13,17,19H,2-11,14-16H2,1H3,(H,28,29)(H2,24,25,27). The van der Waals surface area contributed by atoms with E-state index in [1.165, 1.54) is 44.6 Å². The van der Waals surface area contributed by atoms with Crippen LogP contribution < -0.4 is 11.4 Å². The quantitative estimate of drug-likeness (QED) is 0.247. The Morgan fingerprint density at radius 2 is 1.79 bits per heavy atom. The summed E-state index contributed by atoms with van der Waals surface area (Å²) in [6, 6.07) is 1.20. The summed E-state index contributed by atoms with van der Waals surface area (Å²) in [7, 11) is -4.39. The molecular formula is C21H36F2N3O6P. The molecule has 3 N–H and O–H groups in total. The van der Waals surface area contributed by atoms with Gasteiger partial charge >= 0.3 is 13.5 Å². The molecule has 3 unspecified atom stereocenters. The minimum Gasteiger partial charge on any atom is -0.383 e. The highest BCUT2D eigenvalue weighted by molar-refractivity contribution is 7.47. The van der Waals surface area contributed by atoms with E-state index >= 15 is 0 Å². The first-order valence-electron chi connectivity index (χ1n) is 11.6. The van der Waals surface area contributed by atoms with Gasteiger partial charge in [-0.3, -0.25) is 13.6 Å². The number of rotatable bonds is 16. The lowest BCUT2D eigenvalue weighted by Crippen LogP contribution is -2.35. The van der Waals surface area contributed by atoms with Crippen LogP contribution >= 0.6 is 7.82 Å². The molecule has 1 saturated heterocycles. The van der Waals surface area contributed by atoms with E-state index in [1.807, 2.05) is 0 Å². The second kappa shape index (κ2) is 13.5. The largest absolute Gasteiger partial charge is 0.472 e. The molecule has 1 aliphatic rings. The van der Waals surface area contributed by atoms with Crippen molar-refractivity contribution in [1.82, 2.24) is 9.55 Å². The van der Waals surface area contributed by atoms with Gasteiger partial charge in [0.25, 0.3) is 5.92 Å². The van der Waals surface area contributed by atoms with E-state index in [2.05, 4.69) is 11.9 Å². The van der Waals surface area contributed by atoms with Crippen molar-refractivity contribution >= 4 is 13.6 Å². The van der Waals surface area contributed by atoms with Crippen LogP contribution in [0.4, 0.5) is 14.6 Å². The molecule has 0 spiro atoms. The fourth-order valence-electron chi connectivity index (χ4n) is 3.69. The van der Waals surface area contributed by atoms with Crippen LogP contribution in [0.15, 0.2) is 17.1 Å². The van der Waals surface area contributed by atoms with Gasteiger partial charge in [0.1, 0.15) is 5.82 Å². The number of hydrogen-bond acceptors (Lipinski definition) is 7. The molecule has 2 heterocycles. The normalized spacial score (nSPS) is 21.8.